The van der Waals surface area contributed by atoms with E-state index >= 15 is 0 Å². The highest BCUT2D eigenvalue weighted by Gasteiger charge is 2.23. The molecule has 1 aliphatic heterocycles. The van der Waals surface area contributed by atoms with Crippen LogP contribution in [0.25, 0.3) is 0 Å². The Bertz CT molecular complexity index is 251. The second kappa shape index (κ2) is 4.59. The van der Waals surface area contributed by atoms with E-state index in [4.69, 9.17) is 13.9 Å². The van der Waals surface area contributed by atoms with Gasteiger partial charge in [-0.3, -0.25) is 0 Å². The number of aliphatic hydroxyl groups excluding tert-OH is 1. The number of hydrogen-bond acceptors (Lipinski definition) is 4. The van der Waals surface area contributed by atoms with Crippen molar-refractivity contribution in [3.63, 3.8) is 0 Å². The van der Waals surface area contributed by atoms with Crippen LogP contribution < -0.4 is 0 Å². The van der Waals surface area contributed by atoms with Crippen molar-refractivity contribution in [2.75, 3.05) is 19.8 Å². The normalized spacial score (nSPS) is 24.8. The van der Waals surface area contributed by atoms with Crippen LogP contribution in [0.15, 0.2) is 22.8 Å². The van der Waals surface area contributed by atoms with Crippen molar-refractivity contribution in [3.8, 4) is 0 Å². The minimum Gasteiger partial charge on any atom is -0.469 e. The van der Waals surface area contributed by atoms with Crippen molar-refractivity contribution < 1.29 is 19.0 Å². The minimum atomic E-state index is -0.554. The Labute approximate surface area is 82.4 Å². The summed E-state index contributed by atoms with van der Waals surface area (Å²) in [7, 11) is 0. The summed E-state index contributed by atoms with van der Waals surface area (Å²) in [5.41, 5.74) is 0. The van der Waals surface area contributed by atoms with Crippen LogP contribution in [-0.2, 0) is 15.9 Å². The van der Waals surface area contributed by atoms with Crippen LogP contribution in [-0.4, -0.2) is 37.1 Å². The zero-order valence-corrected chi connectivity index (χ0v) is 7.89. The summed E-state index contributed by atoms with van der Waals surface area (Å²) in [4.78, 5) is 0. The monoisotopic (exact) mass is 198 g/mol. The van der Waals surface area contributed by atoms with E-state index in [0.717, 1.165) is 5.76 Å². The van der Waals surface area contributed by atoms with Gasteiger partial charge in [0.2, 0.25) is 0 Å². The van der Waals surface area contributed by atoms with Crippen LogP contribution in [0.4, 0.5) is 0 Å². The highest BCUT2D eigenvalue weighted by Crippen LogP contribution is 2.11. The number of hydrogen-bond donors (Lipinski definition) is 1. The van der Waals surface area contributed by atoms with Crippen molar-refractivity contribution in [2.24, 2.45) is 0 Å². The van der Waals surface area contributed by atoms with Crippen LogP contribution >= 0.6 is 0 Å². The molecule has 2 unspecified atom stereocenters. The van der Waals surface area contributed by atoms with E-state index in [1.165, 1.54) is 0 Å². The molecule has 1 aliphatic rings. The molecule has 1 saturated heterocycles. The van der Waals surface area contributed by atoms with Gasteiger partial charge in [-0.1, -0.05) is 0 Å². The molecule has 0 bridgehead atoms. The Morgan fingerprint density at radius 2 is 2.43 bits per heavy atom. The summed E-state index contributed by atoms with van der Waals surface area (Å²) < 4.78 is 15.7. The van der Waals surface area contributed by atoms with Crippen molar-refractivity contribution in [2.45, 2.75) is 18.6 Å². The van der Waals surface area contributed by atoms with Crippen molar-refractivity contribution in [1.29, 1.82) is 0 Å². The molecule has 0 saturated carbocycles. The lowest BCUT2D eigenvalue weighted by atomic mass is 10.1. The summed E-state index contributed by atoms with van der Waals surface area (Å²) in [6, 6.07) is 3.65. The number of furan rings is 1. The van der Waals surface area contributed by atoms with Gasteiger partial charge in [0, 0.05) is 6.42 Å². The summed E-state index contributed by atoms with van der Waals surface area (Å²) >= 11 is 0. The molecule has 0 spiro atoms. The van der Waals surface area contributed by atoms with Gasteiger partial charge < -0.3 is 19.0 Å². The van der Waals surface area contributed by atoms with Gasteiger partial charge in [0.1, 0.15) is 11.9 Å². The third kappa shape index (κ3) is 2.35. The number of aliphatic hydroxyl groups is 1. The van der Waals surface area contributed by atoms with E-state index in [1.807, 2.05) is 6.07 Å². The van der Waals surface area contributed by atoms with E-state index in [1.54, 1.807) is 12.3 Å². The highest BCUT2D eigenvalue weighted by atomic mass is 16.6. The zero-order chi connectivity index (χ0) is 9.80. The molecule has 2 atom stereocenters. The maximum Gasteiger partial charge on any atom is 0.107 e. The smallest absolute Gasteiger partial charge is 0.107 e. The average Bonchev–Trinajstić information content (AvgIpc) is 2.72. The van der Waals surface area contributed by atoms with Gasteiger partial charge in [-0.15, -0.1) is 0 Å². The molecule has 4 nitrogen and oxygen atoms in total. The van der Waals surface area contributed by atoms with E-state index in [9.17, 15) is 5.11 Å². The topological polar surface area (TPSA) is 51.8 Å². The lowest BCUT2D eigenvalue weighted by Gasteiger charge is -2.26. The van der Waals surface area contributed by atoms with E-state index < -0.39 is 6.10 Å². The zero-order valence-electron chi connectivity index (χ0n) is 7.89. The summed E-state index contributed by atoms with van der Waals surface area (Å²) in [5.74, 6) is 0.770. The predicted molar refractivity (Wildman–Crippen MR) is 49.0 cm³/mol. The van der Waals surface area contributed by atoms with Gasteiger partial charge in [0.05, 0.1) is 32.2 Å². The number of ether oxygens (including phenoxy) is 2. The summed E-state index contributed by atoms with van der Waals surface area (Å²) in [5, 5.41) is 9.78. The van der Waals surface area contributed by atoms with Gasteiger partial charge in [0.25, 0.3) is 0 Å². The molecule has 1 N–H and O–H groups in total. The van der Waals surface area contributed by atoms with Crippen molar-refractivity contribution in [1.82, 2.24) is 0 Å². The molecule has 0 amide bonds. The van der Waals surface area contributed by atoms with Crippen LogP contribution in [0.2, 0.25) is 0 Å². The molecular weight excluding hydrogens is 184 g/mol. The van der Waals surface area contributed by atoms with Crippen LogP contribution in [0.5, 0.6) is 0 Å². The Kier molecular flexibility index (Phi) is 3.18. The van der Waals surface area contributed by atoms with Crippen LogP contribution in [0.1, 0.15) is 5.76 Å². The fraction of sp³-hybridized carbons (Fsp3) is 0.600. The lowest BCUT2D eigenvalue weighted by molar-refractivity contribution is -0.132. The molecule has 1 aromatic rings. The fourth-order valence-corrected chi connectivity index (χ4v) is 1.49. The third-order valence-corrected chi connectivity index (χ3v) is 2.26. The van der Waals surface area contributed by atoms with Gasteiger partial charge in [-0.05, 0) is 12.1 Å². The first-order valence-electron chi connectivity index (χ1n) is 4.76. The molecule has 0 aliphatic carbocycles. The van der Waals surface area contributed by atoms with Gasteiger partial charge in [-0.25, -0.2) is 0 Å². The Morgan fingerprint density at radius 3 is 3.07 bits per heavy atom. The minimum absolute atomic E-state index is 0.228. The second-order valence-corrected chi connectivity index (χ2v) is 3.33. The first-order valence-corrected chi connectivity index (χ1v) is 4.76. The average molecular weight is 198 g/mol. The Morgan fingerprint density at radius 1 is 1.50 bits per heavy atom. The quantitative estimate of drug-likeness (QED) is 0.772. The molecule has 1 aromatic heterocycles. The molecule has 0 radical (unpaired) electrons. The van der Waals surface area contributed by atoms with E-state index in [-0.39, 0.29) is 6.10 Å². The maximum atomic E-state index is 9.78. The SMILES string of the molecule is OC(Cc1ccco1)C1COCCO1. The van der Waals surface area contributed by atoms with Crippen LogP contribution in [0, 0.1) is 0 Å². The molecular formula is C10H14O4. The Hall–Kier alpha value is -0.840. The van der Waals surface area contributed by atoms with Gasteiger partial charge in [0.15, 0.2) is 0 Å². The first-order chi connectivity index (χ1) is 6.86. The second-order valence-electron chi connectivity index (χ2n) is 3.33. The first kappa shape index (κ1) is 9.71. The molecule has 0 aromatic carbocycles. The summed E-state index contributed by atoms with van der Waals surface area (Å²) in [6.45, 7) is 1.63. The lowest BCUT2D eigenvalue weighted by Crippen LogP contribution is -2.39. The van der Waals surface area contributed by atoms with Crippen LogP contribution in [0.3, 0.4) is 0 Å². The number of rotatable bonds is 3. The Balaban J connectivity index is 1.85. The third-order valence-electron chi connectivity index (χ3n) is 2.26. The predicted octanol–water partition coefficient (Wildman–Crippen LogP) is 0.598. The van der Waals surface area contributed by atoms with E-state index in [0.29, 0.717) is 26.2 Å². The maximum absolute atomic E-state index is 9.78. The summed E-state index contributed by atoms with van der Waals surface area (Å²) in [6.07, 6.45) is 1.29. The van der Waals surface area contributed by atoms with Crippen molar-refractivity contribution in [3.05, 3.63) is 24.2 Å². The molecule has 4 heteroatoms. The molecule has 2 rings (SSSR count). The highest BCUT2D eigenvalue weighted by molar-refractivity contribution is 5.00. The fourth-order valence-electron chi connectivity index (χ4n) is 1.49. The molecule has 14 heavy (non-hydrogen) atoms. The molecule has 1 fully saturated rings. The van der Waals surface area contributed by atoms with Gasteiger partial charge in [-0.2, -0.15) is 0 Å². The largest absolute Gasteiger partial charge is 0.469 e. The molecule has 2 heterocycles. The standard InChI is InChI=1S/C10H14O4/c11-9(6-8-2-1-3-13-8)10-7-12-4-5-14-10/h1-3,9-11H,4-7H2. The van der Waals surface area contributed by atoms with E-state index in [2.05, 4.69) is 0 Å². The molecule has 78 valence electrons. The van der Waals surface area contributed by atoms with Gasteiger partial charge >= 0.3 is 0 Å². The van der Waals surface area contributed by atoms with Crippen molar-refractivity contribution >= 4 is 0 Å².